The highest BCUT2D eigenvalue weighted by molar-refractivity contribution is 9.10. The first-order chi connectivity index (χ1) is 9.16. The summed E-state index contributed by atoms with van der Waals surface area (Å²) in [7, 11) is 0. The van der Waals surface area contributed by atoms with E-state index in [9.17, 15) is 4.39 Å². The molecule has 1 atom stereocenters. The molecule has 0 radical (unpaired) electrons. The van der Waals surface area contributed by atoms with Gasteiger partial charge in [0.2, 0.25) is 0 Å². The molecular formula is C16H23BrFN. The van der Waals surface area contributed by atoms with Gasteiger partial charge < -0.3 is 5.32 Å². The van der Waals surface area contributed by atoms with Crippen LogP contribution in [0.1, 0.15) is 51.0 Å². The Morgan fingerprint density at radius 1 is 1.26 bits per heavy atom. The van der Waals surface area contributed by atoms with Gasteiger partial charge in [-0.15, -0.1) is 0 Å². The van der Waals surface area contributed by atoms with Crippen LogP contribution in [0.25, 0.3) is 0 Å². The van der Waals surface area contributed by atoms with Crippen LogP contribution < -0.4 is 5.32 Å². The zero-order chi connectivity index (χ0) is 13.7. The van der Waals surface area contributed by atoms with Crippen LogP contribution in [-0.4, -0.2) is 6.04 Å². The van der Waals surface area contributed by atoms with Gasteiger partial charge in [-0.3, -0.25) is 0 Å². The molecule has 1 saturated carbocycles. The van der Waals surface area contributed by atoms with Crippen LogP contribution in [0.5, 0.6) is 0 Å². The van der Waals surface area contributed by atoms with Crippen molar-refractivity contribution < 1.29 is 4.39 Å². The molecule has 0 heterocycles. The number of halogens is 2. The van der Waals surface area contributed by atoms with E-state index < -0.39 is 0 Å². The van der Waals surface area contributed by atoms with Crippen molar-refractivity contribution in [1.82, 2.24) is 5.32 Å². The molecule has 0 aromatic heterocycles. The van der Waals surface area contributed by atoms with Crippen molar-refractivity contribution in [3.05, 3.63) is 34.1 Å². The minimum absolute atomic E-state index is 0.188. The van der Waals surface area contributed by atoms with Gasteiger partial charge in [0, 0.05) is 17.1 Å². The molecule has 106 valence electrons. The third-order valence-corrected chi connectivity index (χ3v) is 4.97. The Morgan fingerprint density at radius 3 is 2.58 bits per heavy atom. The number of benzene rings is 1. The molecule has 1 aromatic rings. The van der Waals surface area contributed by atoms with Crippen molar-refractivity contribution in [2.75, 3.05) is 0 Å². The molecule has 19 heavy (non-hydrogen) atoms. The lowest BCUT2D eigenvalue weighted by molar-refractivity contribution is 0.336. The van der Waals surface area contributed by atoms with Crippen LogP contribution in [0.2, 0.25) is 0 Å². The first-order valence-electron chi connectivity index (χ1n) is 7.34. The molecule has 1 fully saturated rings. The average Bonchev–Trinajstić information content (AvgIpc) is 2.66. The minimum atomic E-state index is -0.188. The summed E-state index contributed by atoms with van der Waals surface area (Å²) in [5.74, 6) is 0.606. The Balaban J connectivity index is 1.86. The van der Waals surface area contributed by atoms with Crippen molar-refractivity contribution in [1.29, 1.82) is 0 Å². The number of hydrogen-bond acceptors (Lipinski definition) is 1. The Labute approximate surface area is 124 Å². The Morgan fingerprint density at radius 2 is 1.95 bits per heavy atom. The molecule has 0 amide bonds. The lowest BCUT2D eigenvalue weighted by atomic mass is 9.93. The normalized spacial score (nSPS) is 19.1. The fourth-order valence-corrected chi connectivity index (χ4v) is 3.40. The molecule has 1 aliphatic rings. The Bertz CT molecular complexity index is 400. The standard InChI is InChI=1S/C16H23BrFN/c1-12(13-6-4-2-3-5-7-13)19-11-14-8-9-15(18)10-16(14)17/h8-10,12-13,19H,2-7,11H2,1H3/t12-/m1/s1. The molecule has 0 spiro atoms. The maximum Gasteiger partial charge on any atom is 0.124 e. The number of hydrogen-bond donors (Lipinski definition) is 1. The van der Waals surface area contributed by atoms with Gasteiger partial charge in [-0.25, -0.2) is 4.39 Å². The predicted octanol–water partition coefficient (Wildman–Crippen LogP) is 5.04. The topological polar surface area (TPSA) is 12.0 Å². The molecule has 1 aliphatic carbocycles. The van der Waals surface area contributed by atoms with Crippen molar-refractivity contribution in [3.63, 3.8) is 0 Å². The van der Waals surface area contributed by atoms with Gasteiger partial charge in [0.15, 0.2) is 0 Å². The summed E-state index contributed by atoms with van der Waals surface area (Å²) < 4.78 is 13.9. The summed E-state index contributed by atoms with van der Waals surface area (Å²) in [6.07, 6.45) is 8.23. The smallest absolute Gasteiger partial charge is 0.124 e. The summed E-state index contributed by atoms with van der Waals surface area (Å²) in [5.41, 5.74) is 1.13. The van der Waals surface area contributed by atoms with Gasteiger partial charge in [-0.2, -0.15) is 0 Å². The molecule has 2 rings (SSSR count). The molecule has 0 aliphatic heterocycles. The van der Waals surface area contributed by atoms with Crippen LogP contribution in [0.4, 0.5) is 4.39 Å². The summed E-state index contributed by atoms with van der Waals surface area (Å²) in [5, 5.41) is 3.60. The van der Waals surface area contributed by atoms with Gasteiger partial charge >= 0.3 is 0 Å². The van der Waals surface area contributed by atoms with Crippen molar-refractivity contribution in [2.45, 2.75) is 58.0 Å². The highest BCUT2D eigenvalue weighted by Gasteiger charge is 2.18. The molecule has 0 bridgehead atoms. The fraction of sp³-hybridized carbons (Fsp3) is 0.625. The summed E-state index contributed by atoms with van der Waals surface area (Å²) >= 11 is 3.43. The predicted molar refractivity (Wildman–Crippen MR) is 81.6 cm³/mol. The van der Waals surface area contributed by atoms with Gasteiger partial charge in [0.05, 0.1) is 0 Å². The zero-order valence-electron chi connectivity index (χ0n) is 11.6. The van der Waals surface area contributed by atoms with E-state index >= 15 is 0 Å². The number of rotatable bonds is 4. The van der Waals surface area contributed by atoms with E-state index in [1.165, 1.54) is 50.7 Å². The van der Waals surface area contributed by atoms with Crippen LogP contribution in [-0.2, 0) is 6.54 Å². The molecule has 1 N–H and O–H groups in total. The van der Waals surface area contributed by atoms with E-state index in [-0.39, 0.29) is 5.82 Å². The first-order valence-corrected chi connectivity index (χ1v) is 8.13. The van der Waals surface area contributed by atoms with Crippen LogP contribution >= 0.6 is 15.9 Å². The SMILES string of the molecule is C[C@@H](NCc1ccc(F)cc1Br)C1CCCCCC1. The van der Waals surface area contributed by atoms with E-state index in [1.807, 2.05) is 6.07 Å². The summed E-state index contributed by atoms with van der Waals surface area (Å²) in [4.78, 5) is 0. The Kier molecular flexibility index (Phi) is 5.83. The molecular weight excluding hydrogens is 305 g/mol. The Hall–Kier alpha value is -0.410. The highest BCUT2D eigenvalue weighted by atomic mass is 79.9. The lowest BCUT2D eigenvalue weighted by Gasteiger charge is -2.24. The first kappa shape index (κ1) is 15.0. The molecule has 3 heteroatoms. The average molecular weight is 328 g/mol. The summed E-state index contributed by atoms with van der Waals surface area (Å²) in [6.45, 7) is 3.09. The van der Waals surface area contributed by atoms with E-state index in [4.69, 9.17) is 0 Å². The second kappa shape index (κ2) is 7.39. The van der Waals surface area contributed by atoms with Crippen molar-refractivity contribution in [2.24, 2.45) is 5.92 Å². The quantitative estimate of drug-likeness (QED) is 0.764. The number of nitrogens with one attached hydrogen (secondary N) is 1. The second-order valence-electron chi connectivity index (χ2n) is 5.66. The van der Waals surface area contributed by atoms with Gasteiger partial charge in [-0.1, -0.05) is 47.7 Å². The zero-order valence-corrected chi connectivity index (χ0v) is 13.2. The largest absolute Gasteiger partial charge is 0.310 e. The summed E-state index contributed by atoms with van der Waals surface area (Å²) in [6, 6.07) is 5.45. The fourth-order valence-electron chi connectivity index (χ4n) is 2.91. The van der Waals surface area contributed by atoms with E-state index in [0.29, 0.717) is 6.04 Å². The minimum Gasteiger partial charge on any atom is -0.310 e. The van der Waals surface area contributed by atoms with E-state index in [1.54, 1.807) is 0 Å². The highest BCUT2D eigenvalue weighted by Crippen LogP contribution is 2.26. The lowest BCUT2D eigenvalue weighted by Crippen LogP contribution is -2.33. The van der Waals surface area contributed by atoms with Gasteiger partial charge in [0.25, 0.3) is 0 Å². The van der Waals surface area contributed by atoms with Crippen molar-refractivity contribution >= 4 is 15.9 Å². The molecule has 1 aromatic carbocycles. The molecule has 0 unspecified atom stereocenters. The van der Waals surface area contributed by atoms with E-state index in [2.05, 4.69) is 28.2 Å². The monoisotopic (exact) mass is 327 g/mol. The van der Waals surface area contributed by atoms with Crippen LogP contribution in [0.15, 0.2) is 22.7 Å². The second-order valence-corrected chi connectivity index (χ2v) is 6.51. The van der Waals surface area contributed by atoms with Crippen LogP contribution in [0.3, 0.4) is 0 Å². The third-order valence-electron chi connectivity index (χ3n) is 4.24. The molecule has 1 nitrogen and oxygen atoms in total. The van der Waals surface area contributed by atoms with Gasteiger partial charge in [-0.05, 0) is 43.4 Å². The van der Waals surface area contributed by atoms with Gasteiger partial charge in [0.1, 0.15) is 5.82 Å². The van der Waals surface area contributed by atoms with E-state index in [0.717, 1.165) is 22.5 Å². The maximum absolute atomic E-state index is 13.0. The van der Waals surface area contributed by atoms with Crippen LogP contribution in [0, 0.1) is 11.7 Å². The third kappa shape index (κ3) is 4.57. The van der Waals surface area contributed by atoms with Crippen molar-refractivity contribution in [3.8, 4) is 0 Å². The molecule has 0 saturated heterocycles. The maximum atomic E-state index is 13.0.